The quantitative estimate of drug-likeness (QED) is 0.722. The van der Waals surface area contributed by atoms with E-state index in [1.807, 2.05) is 6.92 Å². The van der Waals surface area contributed by atoms with Crippen molar-refractivity contribution in [3.63, 3.8) is 0 Å². The molecule has 0 saturated carbocycles. The molecule has 0 fully saturated rings. The number of nitrogens with zero attached hydrogens (tertiary/aromatic N) is 2. The Balaban J connectivity index is 2.79. The fraction of sp³-hybridized carbons (Fsp3) is 0.571. The van der Waals surface area contributed by atoms with Gasteiger partial charge in [0.05, 0.1) is 12.2 Å². The molecular formula is C14H23N3O3. The molecule has 112 valence electrons. The van der Waals surface area contributed by atoms with Crippen molar-refractivity contribution in [2.45, 2.75) is 13.3 Å². The number of hydrogen-bond acceptors (Lipinski definition) is 5. The number of aryl methyl sites for hydroxylation is 1. The Bertz CT molecular complexity index is 438. The maximum Gasteiger partial charge on any atom is 0.257 e. The van der Waals surface area contributed by atoms with Crippen molar-refractivity contribution in [3.05, 3.63) is 23.5 Å². The molecule has 0 radical (unpaired) electrons. The fourth-order valence-corrected chi connectivity index (χ4v) is 1.85. The van der Waals surface area contributed by atoms with Crippen molar-refractivity contribution in [1.29, 1.82) is 0 Å². The lowest BCUT2D eigenvalue weighted by atomic mass is 10.2. The highest BCUT2D eigenvalue weighted by molar-refractivity contribution is 5.98. The van der Waals surface area contributed by atoms with E-state index in [1.165, 1.54) is 6.20 Å². The second-order valence-corrected chi connectivity index (χ2v) is 4.54. The van der Waals surface area contributed by atoms with Crippen molar-refractivity contribution in [2.24, 2.45) is 0 Å². The van der Waals surface area contributed by atoms with E-state index < -0.39 is 0 Å². The minimum Gasteiger partial charge on any atom is -0.398 e. The SMILES string of the molecule is COCCCN(CCOC)C(=O)c1cnc(C)cc1N. The van der Waals surface area contributed by atoms with Crippen LogP contribution in [0.3, 0.4) is 0 Å². The maximum atomic E-state index is 12.5. The summed E-state index contributed by atoms with van der Waals surface area (Å²) >= 11 is 0. The number of carbonyl (C=O) groups is 1. The summed E-state index contributed by atoms with van der Waals surface area (Å²) in [5.74, 6) is -0.122. The molecule has 0 saturated heterocycles. The predicted molar refractivity (Wildman–Crippen MR) is 77.7 cm³/mol. The summed E-state index contributed by atoms with van der Waals surface area (Å²) in [4.78, 5) is 18.3. The van der Waals surface area contributed by atoms with Crippen LogP contribution in [0.15, 0.2) is 12.3 Å². The van der Waals surface area contributed by atoms with E-state index in [-0.39, 0.29) is 5.91 Å². The van der Waals surface area contributed by atoms with Crippen molar-refractivity contribution in [2.75, 3.05) is 46.3 Å². The molecule has 0 unspecified atom stereocenters. The van der Waals surface area contributed by atoms with Gasteiger partial charge < -0.3 is 20.1 Å². The zero-order valence-electron chi connectivity index (χ0n) is 12.4. The van der Waals surface area contributed by atoms with Crippen LogP contribution in [0.4, 0.5) is 5.69 Å². The van der Waals surface area contributed by atoms with Crippen LogP contribution in [0.25, 0.3) is 0 Å². The molecule has 1 aromatic rings. The topological polar surface area (TPSA) is 77.7 Å². The van der Waals surface area contributed by atoms with Gasteiger partial charge >= 0.3 is 0 Å². The van der Waals surface area contributed by atoms with E-state index >= 15 is 0 Å². The van der Waals surface area contributed by atoms with Gasteiger partial charge in [0.15, 0.2) is 0 Å². The highest BCUT2D eigenvalue weighted by atomic mass is 16.5. The molecule has 0 aromatic carbocycles. The van der Waals surface area contributed by atoms with E-state index in [0.29, 0.717) is 37.6 Å². The van der Waals surface area contributed by atoms with Crippen LogP contribution >= 0.6 is 0 Å². The van der Waals surface area contributed by atoms with Crippen LogP contribution in [-0.4, -0.2) is 56.3 Å². The second-order valence-electron chi connectivity index (χ2n) is 4.54. The second kappa shape index (κ2) is 8.50. The molecule has 0 aliphatic rings. The molecule has 0 aliphatic carbocycles. The first-order valence-corrected chi connectivity index (χ1v) is 6.59. The van der Waals surface area contributed by atoms with Crippen LogP contribution in [0, 0.1) is 6.92 Å². The Labute approximate surface area is 119 Å². The zero-order valence-corrected chi connectivity index (χ0v) is 12.4. The monoisotopic (exact) mass is 281 g/mol. The summed E-state index contributed by atoms with van der Waals surface area (Å²) in [6.45, 7) is 4.05. The summed E-state index contributed by atoms with van der Waals surface area (Å²) in [6.07, 6.45) is 2.30. The Morgan fingerprint density at radius 2 is 2.00 bits per heavy atom. The highest BCUT2D eigenvalue weighted by Gasteiger charge is 2.18. The summed E-state index contributed by atoms with van der Waals surface area (Å²) in [5, 5.41) is 0. The number of carbonyl (C=O) groups excluding carboxylic acids is 1. The number of aromatic nitrogens is 1. The molecule has 0 atom stereocenters. The largest absolute Gasteiger partial charge is 0.398 e. The third-order valence-corrected chi connectivity index (χ3v) is 2.93. The number of amides is 1. The first-order chi connectivity index (χ1) is 9.60. The average Bonchev–Trinajstić information content (AvgIpc) is 2.42. The van der Waals surface area contributed by atoms with Gasteiger partial charge in [0.25, 0.3) is 5.91 Å². The van der Waals surface area contributed by atoms with E-state index in [9.17, 15) is 4.79 Å². The van der Waals surface area contributed by atoms with Crippen LogP contribution in [0.2, 0.25) is 0 Å². The van der Waals surface area contributed by atoms with E-state index in [0.717, 1.165) is 12.1 Å². The van der Waals surface area contributed by atoms with Crippen LogP contribution in [0.5, 0.6) is 0 Å². The number of hydrogen-bond donors (Lipinski definition) is 1. The van der Waals surface area contributed by atoms with Gasteiger partial charge in [-0.25, -0.2) is 0 Å². The molecule has 1 aromatic heterocycles. The zero-order chi connectivity index (χ0) is 15.0. The van der Waals surface area contributed by atoms with E-state index in [4.69, 9.17) is 15.2 Å². The molecule has 0 bridgehead atoms. The van der Waals surface area contributed by atoms with E-state index in [1.54, 1.807) is 25.2 Å². The van der Waals surface area contributed by atoms with Crippen LogP contribution in [-0.2, 0) is 9.47 Å². The smallest absolute Gasteiger partial charge is 0.257 e. The third-order valence-electron chi connectivity index (χ3n) is 2.93. The van der Waals surface area contributed by atoms with Gasteiger partial charge in [0.2, 0.25) is 0 Å². The first-order valence-electron chi connectivity index (χ1n) is 6.59. The molecule has 1 rings (SSSR count). The molecule has 1 heterocycles. The summed E-state index contributed by atoms with van der Waals surface area (Å²) < 4.78 is 10.1. The average molecular weight is 281 g/mol. The number of nitrogens with two attached hydrogens (primary N) is 1. The van der Waals surface area contributed by atoms with Crippen molar-refractivity contribution >= 4 is 11.6 Å². The van der Waals surface area contributed by atoms with E-state index in [2.05, 4.69) is 4.98 Å². The van der Waals surface area contributed by atoms with Crippen molar-refractivity contribution < 1.29 is 14.3 Å². The number of rotatable bonds is 8. The van der Waals surface area contributed by atoms with Gasteiger partial charge in [-0.15, -0.1) is 0 Å². The van der Waals surface area contributed by atoms with Gasteiger partial charge in [0, 0.05) is 51.5 Å². The minimum absolute atomic E-state index is 0.122. The van der Waals surface area contributed by atoms with Crippen molar-refractivity contribution in [3.8, 4) is 0 Å². The number of anilines is 1. The molecule has 0 aliphatic heterocycles. The number of ether oxygens (including phenoxy) is 2. The first kappa shape index (κ1) is 16.4. The fourth-order valence-electron chi connectivity index (χ4n) is 1.85. The minimum atomic E-state index is -0.122. The van der Waals surface area contributed by atoms with Gasteiger partial charge in [-0.2, -0.15) is 0 Å². The molecular weight excluding hydrogens is 258 g/mol. The molecule has 1 amide bonds. The van der Waals surface area contributed by atoms with Gasteiger partial charge in [-0.1, -0.05) is 0 Å². The van der Waals surface area contributed by atoms with Crippen LogP contribution < -0.4 is 5.73 Å². The molecule has 2 N–H and O–H groups in total. The lowest BCUT2D eigenvalue weighted by molar-refractivity contribution is 0.0675. The number of pyridine rings is 1. The standard InChI is InChI=1S/C14H23N3O3/c1-11-9-13(15)12(10-16-11)14(18)17(6-8-20-3)5-4-7-19-2/h9-10H,4-8H2,1-3H3,(H2,15,16). The Kier molecular flexibility index (Phi) is 6.97. The third kappa shape index (κ3) is 4.79. The lowest BCUT2D eigenvalue weighted by Gasteiger charge is -2.23. The number of nitrogen functional groups attached to an aromatic ring is 1. The Morgan fingerprint density at radius 1 is 1.30 bits per heavy atom. The summed E-state index contributed by atoms with van der Waals surface area (Å²) in [7, 11) is 3.25. The molecule has 0 spiro atoms. The Morgan fingerprint density at radius 3 is 2.60 bits per heavy atom. The van der Waals surface area contributed by atoms with Gasteiger partial charge in [-0.05, 0) is 19.4 Å². The maximum absolute atomic E-state index is 12.5. The predicted octanol–water partition coefficient (Wildman–Crippen LogP) is 1.10. The van der Waals surface area contributed by atoms with Crippen LogP contribution in [0.1, 0.15) is 22.5 Å². The normalized spacial score (nSPS) is 10.6. The number of methoxy groups -OCH3 is 2. The summed E-state index contributed by atoms with van der Waals surface area (Å²) in [5.41, 5.74) is 7.58. The lowest BCUT2D eigenvalue weighted by Crippen LogP contribution is -2.35. The van der Waals surface area contributed by atoms with Gasteiger partial charge in [0.1, 0.15) is 0 Å². The molecule has 20 heavy (non-hydrogen) atoms. The van der Waals surface area contributed by atoms with Gasteiger partial charge in [-0.3, -0.25) is 9.78 Å². The van der Waals surface area contributed by atoms with Crippen molar-refractivity contribution in [1.82, 2.24) is 9.88 Å². The highest BCUT2D eigenvalue weighted by Crippen LogP contribution is 2.14. The summed E-state index contributed by atoms with van der Waals surface area (Å²) in [6, 6.07) is 1.71. The Hall–Kier alpha value is -1.66. The molecule has 6 heteroatoms. The molecule has 6 nitrogen and oxygen atoms in total.